The molecule has 0 heterocycles. The second-order valence-corrected chi connectivity index (χ2v) is 3.74. The summed E-state index contributed by atoms with van der Waals surface area (Å²) in [6.07, 6.45) is 5.22. The van der Waals surface area contributed by atoms with Crippen LogP contribution in [-0.4, -0.2) is 23.0 Å². The quantitative estimate of drug-likeness (QED) is 0.658. The molecule has 0 aromatic rings. The first-order valence-corrected chi connectivity index (χ1v) is 4.42. The van der Waals surface area contributed by atoms with Gasteiger partial charge in [-0.15, -0.1) is 0 Å². The molecule has 0 aromatic carbocycles. The van der Waals surface area contributed by atoms with E-state index < -0.39 is 12.9 Å². The number of hydrogen-bond donors (Lipinski definition) is 2. The molecule has 1 aliphatic rings. The summed E-state index contributed by atoms with van der Waals surface area (Å²) in [6, 6.07) is 0. The maximum absolute atomic E-state index is 8.70. The SMILES string of the molecule is CC1C=C(Cl)C=CC1(C)OB(O)O. The molecule has 0 saturated carbocycles. The van der Waals surface area contributed by atoms with Crippen LogP contribution < -0.4 is 0 Å². The fraction of sp³-hybridized carbons (Fsp3) is 0.500. The highest BCUT2D eigenvalue weighted by atomic mass is 35.5. The summed E-state index contributed by atoms with van der Waals surface area (Å²) >= 11 is 5.77. The van der Waals surface area contributed by atoms with Crippen LogP contribution in [0.15, 0.2) is 23.3 Å². The van der Waals surface area contributed by atoms with Crippen LogP contribution in [0.4, 0.5) is 0 Å². The van der Waals surface area contributed by atoms with Crippen LogP contribution in [-0.2, 0) is 4.65 Å². The van der Waals surface area contributed by atoms with Crippen molar-refractivity contribution < 1.29 is 14.7 Å². The predicted octanol–water partition coefficient (Wildman–Crippen LogP) is 1.06. The Morgan fingerprint density at radius 2 is 2.23 bits per heavy atom. The van der Waals surface area contributed by atoms with E-state index in [0.717, 1.165) is 0 Å². The summed E-state index contributed by atoms with van der Waals surface area (Å²) in [5.74, 6) is 0.00630. The van der Waals surface area contributed by atoms with Gasteiger partial charge in [0.1, 0.15) is 0 Å². The van der Waals surface area contributed by atoms with Crippen LogP contribution in [0.25, 0.3) is 0 Å². The Labute approximate surface area is 82.8 Å². The number of rotatable bonds is 2. The first kappa shape index (κ1) is 10.8. The average Bonchev–Trinajstić information content (AvgIpc) is 1.97. The average molecular weight is 202 g/mol. The number of halogens is 1. The normalized spacial score (nSPS) is 33.0. The topological polar surface area (TPSA) is 49.7 Å². The van der Waals surface area contributed by atoms with Crippen LogP contribution in [0.2, 0.25) is 0 Å². The van der Waals surface area contributed by atoms with Crippen molar-refractivity contribution in [2.75, 3.05) is 0 Å². The van der Waals surface area contributed by atoms with Gasteiger partial charge in [-0.3, -0.25) is 0 Å². The lowest BCUT2D eigenvalue weighted by molar-refractivity contribution is 0.0444. The molecule has 72 valence electrons. The van der Waals surface area contributed by atoms with Crippen molar-refractivity contribution in [3.8, 4) is 0 Å². The van der Waals surface area contributed by atoms with E-state index in [9.17, 15) is 0 Å². The maximum atomic E-state index is 8.70. The molecule has 2 unspecified atom stereocenters. The highest BCUT2D eigenvalue weighted by Crippen LogP contribution is 2.31. The number of hydrogen-bond acceptors (Lipinski definition) is 3. The Hall–Kier alpha value is -0.285. The van der Waals surface area contributed by atoms with Crippen molar-refractivity contribution in [3.05, 3.63) is 23.3 Å². The fourth-order valence-electron chi connectivity index (χ4n) is 1.23. The van der Waals surface area contributed by atoms with E-state index in [2.05, 4.69) is 0 Å². The third-order valence-electron chi connectivity index (χ3n) is 2.25. The van der Waals surface area contributed by atoms with Crippen LogP contribution in [0.1, 0.15) is 13.8 Å². The molecule has 2 N–H and O–H groups in total. The zero-order chi connectivity index (χ0) is 10.1. The molecule has 0 saturated heterocycles. The summed E-state index contributed by atoms with van der Waals surface area (Å²) in [5.41, 5.74) is -0.702. The molecule has 5 heteroatoms. The van der Waals surface area contributed by atoms with Crippen molar-refractivity contribution in [1.82, 2.24) is 0 Å². The van der Waals surface area contributed by atoms with Crippen molar-refractivity contribution in [2.24, 2.45) is 5.92 Å². The van der Waals surface area contributed by atoms with Gasteiger partial charge in [-0.1, -0.05) is 30.7 Å². The molecule has 2 atom stereocenters. The van der Waals surface area contributed by atoms with Gasteiger partial charge in [-0.2, -0.15) is 0 Å². The lowest BCUT2D eigenvalue weighted by Crippen LogP contribution is -2.40. The van der Waals surface area contributed by atoms with Gasteiger partial charge in [-0.05, 0) is 13.0 Å². The molecule has 0 bridgehead atoms. The van der Waals surface area contributed by atoms with E-state index in [1.54, 1.807) is 19.1 Å². The van der Waals surface area contributed by atoms with E-state index in [1.165, 1.54) is 0 Å². The molecular weight excluding hydrogens is 190 g/mol. The van der Waals surface area contributed by atoms with Gasteiger partial charge in [-0.25, -0.2) is 0 Å². The van der Waals surface area contributed by atoms with E-state index in [4.69, 9.17) is 26.3 Å². The molecule has 0 spiro atoms. The molecular formula is C8H12BClO3. The Kier molecular flexibility index (Phi) is 3.19. The molecule has 0 amide bonds. The highest BCUT2D eigenvalue weighted by Gasteiger charge is 2.34. The third-order valence-corrected chi connectivity index (χ3v) is 2.50. The smallest absolute Gasteiger partial charge is 0.402 e. The summed E-state index contributed by atoms with van der Waals surface area (Å²) in [7, 11) is -1.76. The zero-order valence-electron chi connectivity index (χ0n) is 7.57. The van der Waals surface area contributed by atoms with Gasteiger partial charge < -0.3 is 14.7 Å². The van der Waals surface area contributed by atoms with E-state index >= 15 is 0 Å². The molecule has 0 aliphatic heterocycles. The van der Waals surface area contributed by atoms with Crippen LogP contribution in [0.5, 0.6) is 0 Å². The predicted molar refractivity (Wildman–Crippen MR) is 51.9 cm³/mol. The van der Waals surface area contributed by atoms with Crippen molar-refractivity contribution in [3.63, 3.8) is 0 Å². The molecule has 1 rings (SSSR count). The summed E-state index contributed by atoms with van der Waals surface area (Å²) in [5, 5.41) is 18.0. The Morgan fingerprint density at radius 3 is 2.69 bits per heavy atom. The molecule has 1 aliphatic carbocycles. The van der Waals surface area contributed by atoms with E-state index in [-0.39, 0.29) is 5.92 Å². The highest BCUT2D eigenvalue weighted by molar-refractivity contribution is 6.33. The lowest BCUT2D eigenvalue weighted by atomic mass is 9.85. The molecule has 0 aromatic heterocycles. The molecule has 3 nitrogen and oxygen atoms in total. The number of allylic oxidation sites excluding steroid dienone is 2. The van der Waals surface area contributed by atoms with Crippen LogP contribution >= 0.6 is 11.6 Å². The Balaban J connectivity index is 2.76. The summed E-state index contributed by atoms with van der Waals surface area (Å²) in [4.78, 5) is 0. The fourth-order valence-corrected chi connectivity index (χ4v) is 1.48. The van der Waals surface area contributed by atoms with Crippen molar-refractivity contribution in [1.29, 1.82) is 0 Å². The maximum Gasteiger partial charge on any atom is 0.634 e. The third kappa shape index (κ3) is 2.58. The minimum Gasteiger partial charge on any atom is -0.402 e. The molecule has 0 fully saturated rings. The second-order valence-electron chi connectivity index (χ2n) is 3.30. The lowest BCUT2D eigenvalue weighted by Gasteiger charge is -2.33. The van der Waals surface area contributed by atoms with Gasteiger partial charge >= 0.3 is 7.32 Å². The van der Waals surface area contributed by atoms with Gasteiger partial charge in [0.05, 0.1) is 5.60 Å². The minimum absolute atomic E-state index is 0.00630. The zero-order valence-corrected chi connectivity index (χ0v) is 8.32. The second kappa shape index (κ2) is 3.84. The van der Waals surface area contributed by atoms with Gasteiger partial charge in [0, 0.05) is 11.0 Å². The van der Waals surface area contributed by atoms with Crippen LogP contribution in [0, 0.1) is 5.92 Å². The van der Waals surface area contributed by atoms with E-state index in [1.807, 2.05) is 13.0 Å². The van der Waals surface area contributed by atoms with Gasteiger partial charge in [0.25, 0.3) is 0 Å². The van der Waals surface area contributed by atoms with E-state index in [0.29, 0.717) is 5.03 Å². The monoisotopic (exact) mass is 202 g/mol. The standard InChI is InChI=1S/C8H12BClO3/c1-6-5-7(10)3-4-8(6,2)13-9(11)12/h3-6,11-12H,1-2H3. The van der Waals surface area contributed by atoms with Crippen molar-refractivity contribution in [2.45, 2.75) is 19.4 Å². The van der Waals surface area contributed by atoms with Crippen molar-refractivity contribution >= 4 is 18.9 Å². The Bertz CT molecular complexity index is 252. The first-order valence-electron chi connectivity index (χ1n) is 4.04. The Morgan fingerprint density at radius 1 is 1.62 bits per heavy atom. The van der Waals surface area contributed by atoms with Gasteiger partial charge in [0.15, 0.2) is 0 Å². The summed E-state index contributed by atoms with van der Waals surface area (Å²) in [6.45, 7) is 3.67. The largest absolute Gasteiger partial charge is 0.634 e. The summed E-state index contributed by atoms with van der Waals surface area (Å²) < 4.78 is 4.96. The first-order chi connectivity index (χ1) is 5.94. The van der Waals surface area contributed by atoms with Crippen LogP contribution in [0.3, 0.4) is 0 Å². The van der Waals surface area contributed by atoms with Gasteiger partial charge in [0.2, 0.25) is 0 Å². The minimum atomic E-state index is -1.76. The molecule has 0 radical (unpaired) electrons. The molecule has 13 heavy (non-hydrogen) atoms.